The van der Waals surface area contributed by atoms with Gasteiger partial charge in [-0.15, -0.1) is 0 Å². The number of carbonyl (C=O) groups is 1. The van der Waals surface area contributed by atoms with Crippen molar-refractivity contribution < 1.29 is 9.53 Å². The van der Waals surface area contributed by atoms with E-state index in [1.54, 1.807) is 19.2 Å². The van der Waals surface area contributed by atoms with Crippen LogP contribution in [0.4, 0.5) is 0 Å². The summed E-state index contributed by atoms with van der Waals surface area (Å²) < 4.78 is 4.83. The summed E-state index contributed by atoms with van der Waals surface area (Å²) in [6.45, 7) is 4.08. The molecule has 3 nitrogen and oxygen atoms in total. The maximum atomic E-state index is 11.2. The fourth-order valence-electron chi connectivity index (χ4n) is 1.10. The number of hydrogen-bond acceptors (Lipinski definition) is 3. The molecule has 1 heterocycles. The van der Waals surface area contributed by atoms with Crippen LogP contribution in [0.15, 0.2) is 12.3 Å². The van der Waals surface area contributed by atoms with Gasteiger partial charge in [0.25, 0.3) is 0 Å². The smallest absolute Gasteiger partial charge is 0.310 e. The van der Waals surface area contributed by atoms with E-state index in [2.05, 4.69) is 4.98 Å². The first-order valence-electron chi connectivity index (χ1n) is 4.40. The maximum Gasteiger partial charge on any atom is 0.310 e. The largest absolute Gasteiger partial charge is 0.466 e. The van der Waals surface area contributed by atoms with E-state index in [1.165, 1.54) is 0 Å². The van der Waals surface area contributed by atoms with Crippen molar-refractivity contribution in [3.05, 3.63) is 28.5 Å². The molecule has 14 heavy (non-hydrogen) atoms. The Morgan fingerprint density at radius 2 is 2.36 bits per heavy atom. The van der Waals surface area contributed by atoms with E-state index in [0.29, 0.717) is 11.8 Å². The summed E-state index contributed by atoms with van der Waals surface area (Å²) in [7, 11) is 0. The normalized spacial score (nSPS) is 9.93. The van der Waals surface area contributed by atoms with Gasteiger partial charge in [0, 0.05) is 6.20 Å². The van der Waals surface area contributed by atoms with E-state index in [0.717, 1.165) is 11.1 Å². The Morgan fingerprint density at radius 1 is 1.64 bits per heavy atom. The molecule has 0 atom stereocenters. The second-order valence-electron chi connectivity index (χ2n) is 2.92. The lowest BCUT2D eigenvalue weighted by atomic mass is 10.1. The lowest BCUT2D eigenvalue weighted by Gasteiger charge is -2.04. The van der Waals surface area contributed by atoms with Crippen LogP contribution >= 0.6 is 11.6 Å². The van der Waals surface area contributed by atoms with Gasteiger partial charge in [0.1, 0.15) is 5.15 Å². The van der Waals surface area contributed by atoms with Gasteiger partial charge in [0.05, 0.1) is 13.0 Å². The van der Waals surface area contributed by atoms with Crippen LogP contribution in [0.2, 0.25) is 5.15 Å². The highest BCUT2D eigenvalue weighted by Crippen LogP contribution is 2.12. The summed E-state index contributed by atoms with van der Waals surface area (Å²) in [5.74, 6) is -0.236. The van der Waals surface area contributed by atoms with Crippen molar-refractivity contribution in [3.63, 3.8) is 0 Å². The van der Waals surface area contributed by atoms with Crippen LogP contribution in [0, 0.1) is 6.92 Å². The number of rotatable bonds is 3. The molecule has 76 valence electrons. The molecular weight excluding hydrogens is 202 g/mol. The highest BCUT2D eigenvalue weighted by atomic mass is 35.5. The summed E-state index contributed by atoms with van der Waals surface area (Å²) in [5, 5.41) is 0.440. The number of aromatic nitrogens is 1. The van der Waals surface area contributed by atoms with Crippen molar-refractivity contribution in [3.8, 4) is 0 Å². The first-order chi connectivity index (χ1) is 6.63. The minimum Gasteiger partial charge on any atom is -0.466 e. The molecule has 4 heteroatoms. The van der Waals surface area contributed by atoms with Crippen molar-refractivity contribution in [2.24, 2.45) is 0 Å². The van der Waals surface area contributed by atoms with E-state index in [1.807, 2.05) is 6.92 Å². The number of ether oxygens (including phenoxy) is 1. The lowest BCUT2D eigenvalue weighted by molar-refractivity contribution is -0.142. The molecule has 0 bridgehead atoms. The zero-order valence-electron chi connectivity index (χ0n) is 8.21. The molecule has 0 N–H and O–H groups in total. The number of hydrogen-bond donors (Lipinski definition) is 0. The molecule has 0 fully saturated rings. The van der Waals surface area contributed by atoms with E-state index in [4.69, 9.17) is 16.3 Å². The summed E-state index contributed by atoms with van der Waals surface area (Å²) in [4.78, 5) is 15.1. The Bertz CT molecular complexity index is 339. The van der Waals surface area contributed by atoms with Gasteiger partial charge in [-0.25, -0.2) is 4.98 Å². The minimum absolute atomic E-state index is 0.236. The third-order valence-corrected chi connectivity index (χ3v) is 2.03. The molecular formula is C10H12ClNO2. The van der Waals surface area contributed by atoms with Crippen LogP contribution in [0.5, 0.6) is 0 Å². The van der Waals surface area contributed by atoms with Crippen LogP contribution in [-0.4, -0.2) is 17.6 Å². The van der Waals surface area contributed by atoms with Gasteiger partial charge in [-0.05, 0) is 31.0 Å². The molecule has 0 unspecified atom stereocenters. The molecule has 0 saturated heterocycles. The Kier molecular flexibility index (Phi) is 3.89. The number of aryl methyl sites for hydroxylation is 1. The molecule has 0 aliphatic heterocycles. The van der Waals surface area contributed by atoms with Gasteiger partial charge in [-0.3, -0.25) is 4.79 Å². The van der Waals surface area contributed by atoms with Crippen LogP contribution in [0.25, 0.3) is 0 Å². The minimum atomic E-state index is -0.236. The average Bonchev–Trinajstić information content (AvgIpc) is 2.10. The SMILES string of the molecule is CCOC(=O)Cc1cnc(Cl)cc1C. The van der Waals surface area contributed by atoms with Crippen molar-refractivity contribution in [2.75, 3.05) is 6.61 Å². The second-order valence-corrected chi connectivity index (χ2v) is 3.30. The Hall–Kier alpha value is -1.09. The average molecular weight is 214 g/mol. The van der Waals surface area contributed by atoms with E-state index < -0.39 is 0 Å². The van der Waals surface area contributed by atoms with Crippen LogP contribution in [0.1, 0.15) is 18.1 Å². The standard InChI is InChI=1S/C10H12ClNO2/c1-3-14-10(13)5-8-6-12-9(11)4-7(8)2/h4,6H,3,5H2,1-2H3. The number of carbonyl (C=O) groups excluding carboxylic acids is 1. The predicted octanol–water partition coefficient (Wildman–Crippen LogP) is 2.15. The van der Waals surface area contributed by atoms with Gasteiger partial charge >= 0.3 is 5.97 Å². The fourth-order valence-corrected chi connectivity index (χ4v) is 1.32. The van der Waals surface area contributed by atoms with Gasteiger partial charge in [-0.2, -0.15) is 0 Å². The molecule has 0 aromatic carbocycles. The fraction of sp³-hybridized carbons (Fsp3) is 0.400. The summed E-state index contributed by atoms with van der Waals surface area (Å²) in [5.41, 5.74) is 1.81. The molecule has 0 aliphatic rings. The molecule has 1 rings (SSSR count). The Morgan fingerprint density at radius 3 is 2.93 bits per heavy atom. The molecule has 1 aromatic rings. The third-order valence-electron chi connectivity index (χ3n) is 1.83. The highest BCUT2D eigenvalue weighted by Gasteiger charge is 2.07. The third kappa shape index (κ3) is 3.00. The van der Waals surface area contributed by atoms with Crippen molar-refractivity contribution in [1.82, 2.24) is 4.98 Å². The zero-order valence-corrected chi connectivity index (χ0v) is 8.97. The van der Waals surface area contributed by atoms with E-state index >= 15 is 0 Å². The molecule has 0 aliphatic carbocycles. The first-order valence-corrected chi connectivity index (χ1v) is 4.78. The highest BCUT2D eigenvalue weighted by molar-refractivity contribution is 6.29. The summed E-state index contributed by atoms with van der Waals surface area (Å²) in [6, 6.07) is 1.73. The second kappa shape index (κ2) is 4.96. The molecule has 0 spiro atoms. The predicted molar refractivity (Wildman–Crippen MR) is 54.3 cm³/mol. The van der Waals surface area contributed by atoms with Crippen LogP contribution < -0.4 is 0 Å². The molecule has 0 amide bonds. The quantitative estimate of drug-likeness (QED) is 0.571. The van der Waals surface area contributed by atoms with Crippen LogP contribution in [-0.2, 0) is 16.0 Å². The van der Waals surface area contributed by atoms with Crippen molar-refractivity contribution in [1.29, 1.82) is 0 Å². The lowest BCUT2D eigenvalue weighted by Crippen LogP contribution is -2.08. The van der Waals surface area contributed by atoms with Crippen LogP contribution in [0.3, 0.4) is 0 Å². The number of esters is 1. The summed E-state index contributed by atoms with van der Waals surface area (Å²) >= 11 is 5.69. The van der Waals surface area contributed by atoms with E-state index in [9.17, 15) is 4.79 Å². The van der Waals surface area contributed by atoms with Crippen molar-refractivity contribution in [2.45, 2.75) is 20.3 Å². The van der Waals surface area contributed by atoms with E-state index in [-0.39, 0.29) is 12.4 Å². The Balaban J connectivity index is 2.72. The number of pyridine rings is 1. The molecule has 0 saturated carbocycles. The monoisotopic (exact) mass is 213 g/mol. The molecule has 1 aromatic heterocycles. The molecule has 0 radical (unpaired) electrons. The van der Waals surface area contributed by atoms with Gasteiger partial charge in [0.15, 0.2) is 0 Å². The Labute approximate surface area is 88.1 Å². The van der Waals surface area contributed by atoms with Gasteiger partial charge < -0.3 is 4.74 Å². The van der Waals surface area contributed by atoms with Crippen molar-refractivity contribution >= 4 is 17.6 Å². The number of halogens is 1. The topological polar surface area (TPSA) is 39.2 Å². The number of nitrogens with zero attached hydrogens (tertiary/aromatic N) is 1. The summed E-state index contributed by atoms with van der Waals surface area (Å²) in [6.07, 6.45) is 1.86. The maximum absolute atomic E-state index is 11.2. The van der Waals surface area contributed by atoms with Gasteiger partial charge in [-0.1, -0.05) is 11.6 Å². The first kappa shape index (κ1) is 11.0. The van der Waals surface area contributed by atoms with Gasteiger partial charge in [0.2, 0.25) is 0 Å². The zero-order chi connectivity index (χ0) is 10.6.